The first kappa shape index (κ1) is 15.2. The minimum atomic E-state index is -0.294. The van der Waals surface area contributed by atoms with Gasteiger partial charge in [0.1, 0.15) is 5.82 Å². The van der Waals surface area contributed by atoms with Crippen LogP contribution in [0.1, 0.15) is 56.3 Å². The van der Waals surface area contributed by atoms with Crippen LogP contribution in [0.5, 0.6) is 0 Å². The van der Waals surface area contributed by atoms with E-state index in [1.807, 2.05) is 0 Å². The van der Waals surface area contributed by atoms with Crippen molar-refractivity contribution in [2.45, 2.75) is 58.0 Å². The second kappa shape index (κ2) is 6.98. The van der Waals surface area contributed by atoms with Crippen molar-refractivity contribution in [3.63, 3.8) is 0 Å². The van der Waals surface area contributed by atoms with Gasteiger partial charge < -0.3 is 0 Å². The molecule has 0 spiro atoms. The Morgan fingerprint density at radius 1 is 1.20 bits per heavy atom. The predicted octanol–water partition coefficient (Wildman–Crippen LogP) is 4.05. The Kier molecular flexibility index (Phi) is 5.30. The van der Waals surface area contributed by atoms with Crippen LogP contribution in [0.25, 0.3) is 0 Å². The van der Waals surface area contributed by atoms with Crippen LogP contribution in [0.15, 0.2) is 24.3 Å². The van der Waals surface area contributed by atoms with Gasteiger partial charge in [0.15, 0.2) is 5.78 Å². The smallest absolute Gasteiger partial charge is 0.162 e. The highest BCUT2D eigenvalue weighted by atomic mass is 19.1. The fourth-order valence-corrected chi connectivity index (χ4v) is 3.12. The highest BCUT2D eigenvalue weighted by Gasteiger charge is 2.24. The summed E-state index contributed by atoms with van der Waals surface area (Å²) in [5.74, 6) is -0.181. The third-order valence-corrected chi connectivity index (χ3v) is 4.36. The number of nitrogens with zero attached hydrogens (tertiary/aromatic N) is 1. The quantitative estimate of drug-likeness (QED) is 0.757. The van der Waals surface area contributed by atoms with Crippen LogP contribution >= 0.6 is 0 Å². The second-order valence-electron chi connectivity index (χ2n) is 5.90. The molecule has 1 heterocycles. The van der Waals surface area contributed by atoms with Crippen molar-refractivity contribution < 1.29 is 9.18 Å². The lowest BCUT2D eigenvalue weighted by molar-refractivity contribution is 0.0901. The van der Waals surface area contributed by atoms with Gasteiger partial charge in [-0.05, 0) is 63.9 Å². The molecular weight excluding hydrogens is 253 g/mol. The number of likely N-dealkylation sites (tertiary alicyclic amines) is 1. The summed E-state index contributed by atoms with van der Waals surface area (Å²) in [4.78, 5) is 14.5. The maximum absolute atomic E-state index is 12.8. The van der Waals surface area contributed by atoms with Gasteiger partial charge in [0.05, 0.1) is 0 Å². The molecule has 3 heteroatoms. The van der Waals surface area contributed by atoms with E-state index in [2.05, 4.69) is 18.7 Å². The third kappa shape index (κ3) is 3.89. The first-order chi connectivity index (χ1) is 9.58. The van der Waals surface area contributed by atoms with Gasteiger partial charge >= 0.3 is 0 Å². The van der Waals surface area contributed by atoms with Crippen molar-refractivity contribution in [3.8, 4) is 0 Å². The summed E-state index contributed by atoms with van der Waals surface area (Å²) in [6, 6.07) is 7.09. The van der Waals surface area contributed by atoms with Crippen LogP contribution in [0.3, 0.4) is 0 Å². The van der Waals surface area contributed by atoms with Gasteiger partial charge in [-0.15, -0.1) is 0 Å². The van der Waals surface area contributed by atoms with Crippen LogP contribution in [0, 0.1) is 5.82 Å². The minimum absolute atomic E-state index is 0.113. The maximum atomic E-state index is 12.8. The molecule has 0 aromatic heterocycles. The lowest BCUT2D eigenvalue weighted by Crippen LogP contribution is -2.44. The van der Waals surface area contributed by atoms with Gasteiger partial charge in [-0.3, -0.25) is 9.69 Å². The SMILES string of the molecule is CC1CCCC(C)N1CCCC(=O)c1ccc(F)cc1. The monoisotopic (exact) mass is 277 g/mol. The molecule has 1 saturated heterocycles. The van der Waals surface area contributed by atoms with E-state index in [-0.39, 0.29) is 11.6 Å². The number of ketones is 1. The molecule has 110 valence electrons. The highest BCUT2D eigenvalue weighted by molar-refractivity contribution is 5.95. The molecule has 0 bridgehead atoms. The fourth-order valence-electron chi connectivity index (χ4n) is 3.12. The molecular formula is C17H24FNO. The standard InChI is InChI=1S/C17H24FNO/c1-13-5-3-6-14(2)19(13)12-4-7-17(20)15-8-10-16(18)11-9-15/h8-11,13-14H,3-7,12H2,1-2H3. The van der Waals surface area contributed by atoms with E-state index in [9.17, 15) is 9.18 Å². The van der Waals surface area contributed by atoms with Crippen molar-refractivity contribution in [1.29, 1.82) is 0 Å². The largest absolute Gasteiger partial charge is 0.298 e. The first-order valence-electron chi connectivity index (χ1n) is 7.62. The molecule has 1 aromatic rings. The van der Waals surface area contributed by atoms with Crippen molar-refractivity contribution in [1.82, 2.24) is 4.90 Å². The number of benzene rings is 1. The summed E-state index contributed by atoms with van der Waals surface area (Å²) >= 11 is 0. The van der Waals surface area contributed by atoms with Crippen molar-refractivity contribution >= 4 is 5.78 Å². The van der Waals surface area contributed by atoms with E-state index in [4.69, 9.17) is 0 Å². The fraction of sp³-hybridized carbons (Fsp3) is 0.588. The molecule has 1 aliphatic rings. The molecule has 1 aliphatic heterocycles. The Hall–Kier alpha value is -1.22. The zero-order valence-electron chi connectivity index (χ0n) is 12.4. The predicted molar refractivity (Wildman–Crippen MR) is 79.4 cm³/mol. The summed E-state index contributed by atoms with van der Waals surface area (Å²) < 4.78 is 12.8. The summed E-state index contributed by atoms with van der Waals surface area (Å²) in [7, 11) is 0. The maximum Gasteiger partial charge on any atom is 0.162 e. The Morgan fingerprint density at radius 2 is 1.80 bits per heavy atom. The molecule has 2 rings (SSSR count). The van der Waals surface area contributed by atoms with Crippen LogP contribution in [0.2, 0.25) is 0 Å². The van der Waals surface area contributed by atoms with Gasteiger partial charge in [0, 0.05) is 24.1 Å². The Labute approximate surface area is 121 Å². The number of carbonyl (C=O) groups is 1. The zero-order valence-corrected chi connectivity index (χ0v) is 12.4. The average Bonchev–Trinajstić information content (AvgIpc) is 2.42. The lowest BCUT2D eigenvalue weighted by atomic mass is 9.97. The lowest BCUT2D eigenvalue weighted by Gasteiger charge is -2.39. The average molecular weight is 277 g/mol. The number of piperidine rings is 1. The molecule has 1 fully saturated rings. The van der Waals surface area contributed by atoms with Crippen LogP contribution in [-0.4, -0.2) is 29.3 Å². The van der Waals surface area contributed by atoms with E-state index < -0.39 is 0 Å². The van der Waals surface area contributed by atoms with E-state index in [1.54, 1.807) is 12.1 Å². The van der Waals surface area contributed by atoms with Crippen LogP contribution in [0.4, 0.5) is 4.39 Å². The number of Topliss-reactive ketones (excluding diaryl/α,β-unsaturated/α-hetero) is 1. The van der Waals surface area contributed by atoms with E-state index in [0.29, 0.717) is 24.1 Å². The molecule has 2 unspecified atom stereocenters. The molecule has 0 N–H and O–H groups in total. The number of rotatable bonds is 5. The molecule has 0 radical (unpaired) electrons. The highest BCUT2D eigenvalue weighted by Crippen LogP contribution is 2.22. The molecule has 1 aromatic carbocycles. The van der Waals surface area contributed by atoms with Crippen molar-refractivity contribution in [2.24, 2.45) is 0 Å². The van der Waals surface area contributed by atoms with Crippen LogP contribution in [-0.2, 0) is 0 Å². The first-order valence-corrected chi connectivity index (χ1v) is 7.62. The number of hydrogen-bond donors (Lipinski definition) is 0. The summed E-state index contributed by atoms with van der Waals surface area (Å²) in [5, 5.41) is 0. The number of hydrogen-bond acceptors (Lipinski definition) is 2. The van der Waals surface area contributed by atoms with Crippen LogP contribution < -0.4 is 0 Å². The molecule has 20 heavy (non-hydrogen) atoms. The second-order valence-corrected chi connectivity index (χ2v) is 5.90. The summed E-state index contributed by atoms with van der Waals surface area (Å²) in [6.07, 6.45) is 5.26. The molecule has 0 saturated carbocycles. The Morgan fingerprint density at radius 3 is 2.40 bits per heavy atom. The van der Waals surface area contributed by atoms with Crippen molar-refractivity contribution in [3.05, 3.63) is 35.6 Å². The van der Waals surface area contributed by atoms with Gasteiger partial charge in [0.25, 0.3) is 0 Å². The minimum Gasteiger partial charge on any atom is -0.298 e. The number of carbonyl (C=O) groups excluding carboxylic acids is 1. The molecule has 2 nitrogen and oxygen atoms in total. The van der Waals surface area contributed by atoms with E-state index in [0.717, 1.165) is 13.0 Å². The van der Waals surface area contributed by atoms with E-state index >= 15 is 0 Å². The Balaban J connectivity index is 1.80. The topological polar surface area (TPSA) is 20.3 Å². The normalized spacial score (nSPS) is 23.8. The molecule has 0 aliphatic carbocycles. The third-order valence-electron chi connectivity index (χ3n) is 4.36. The van der Waals surface area contributed by atoms with Gasteiger partial charge in [-0.25, -0.2) is 4.39 Å². The molecule has 2 atom stereocenters. The summed E-state index contributed by atoms with van der Waals surface area (Å²) in [5.41, 5.74) is 0.617. The van der Waals surface area contributed by atoms with Gasteiger partial charge in [-0.1, -0.05) is 6.42 Å². The zero-order chi connectivity index (χ0) is 14.5. The van der Waals surface area contributed by atoms with Crippen molar-refractivity contribution in [2.75, 3.05) is 6.54 Å². The summed E-state index contributed by atoms with van der Waals surface area (Å²) in [6.45, 7) is 5.53. The number of halogens is 1. The van der Waals surface area contributed by atoms with Gasteiger partial charge in [0.2, 0.25) is 0 Å². The van der Waals surface area contributed by atoms with Gasteiger partial charge in [-0.2, -0.15) is 0 Å². The van der Waals surface area contributed by atoms with E-state index in [1.165, 1.54) is 31.4 Å². The molecule has 0 amide bonds. The Bertz CT molecular complexity index is 433.